The Balaban J connectivity index is 1.89. The lowest BCUT2D eigenvalue weighted by Crippen LogP contribution is -2.20. The largest absolute Gasteiger partial charge is 0.397 e. The zero-order chi connectivity index (χ0) is 15.2. The first kappa shape index (κ1) is 15.5. The quantitative estimate of drug-likeness (QED) is 0.831. The normalized spacial score (nSPS) is 11.9. The summed E-state index contributed by atoms with van der Waals surface area (Å²) in [4.78, 5) is 11.8. The first-order chi connectivity index (χ1) is 10.0. The third-order valence-corrected chi connectivity index (χ3v) is 4.33. The number of nitrogens with one attached hydrogen (secondary N) is 1. The van der Waals surface area contributed by atoms with Crippen LogP contribution >= 0.6 is 11.6 Å². The van der Waals surface area contributed by atoms with E-state index in [-0.39, 0.29) is 11.7 Å². The minimum absolute atomic E-state index is 0.0581. The SMILES string of the molecule is Nc1cc(NC(=O)CS(=O)Cc2ccccc2)ccc1Cl. The Labute approximate surface area is 130 Å². The molecule has 3 N–H and O–H groups in total. The van der Waals surface area contributed by atoms with E-state index in [1.54, 1.807) is 18.2 Å². The molecule has 0 saturated carbocycles. The molecule has 1 unspecified atom stereocenters. The maximum atomic E-state index is 11.9. The number of carbonyl (C=O) groups is 1. The van der Waals surface area contributed by atoms with Crippen LogP contribution in [0.3, 0.4) is 0 Å². The number of carbonyl (C=O) groups excluding carboxylic acids is 1. The van der Waals surface area contributed by atoms with Crippen LogP contribution in [0.25, 0.3) is 0 Å². The van der Waals surface area contributed by atoms with Crippen molar-refractivity contribution in [3.63, 3.8) is 0 Å². The molecule has 2 aromatic carbocycles. The molecule has 6 heteroatoms. The molecule has 0 heterocycles. The van der Waals surface area contributed by atoms with Gasteiger partial charge in [0, 0.05) is 22.2 Å². The third-order valence-electron chi connectivity index (χ3n) is 2.74. The van der Waals surface area contributed by atoms with Gasteiger partial charge in [0.05, 0.1) is 10.7 Å². The molecule has 2 aromatic rings. The highest BCUT2D eigenvalue weighted by Crippen LogP contribution is 2.22. The van der Waals surface area contributed by atoms with Crippen molar-refractivity contribution in [1.82, 2.24) is 0 Å². The first-order valence-electron chi connectivity index (χ1n) is 6.28. The number of hydrogen-bond donors (Lipinski definition) is 2. The maximum Gasteiger partial charge on any atom is 0.237 e. The second-order valence-corrected chi connectivity index (χ2v) is 6.36. The second-order valence-electron chi connectivity index (χ2n) is 4.50. The summed E-state index contributed by atoms with van der Waals surface area (Å²) in [6.45, 7) is 0. The van der Waals surface area contributed by atoms with Crippen molar-refractivity contribution in [2.45, 2.75) is 5.75 Å². The maximum absolute atomic E-state index is 11.9. The number of amides is 1. The van der Waals surface area contributed by atoms with Crippen molar-refractivity contribution < 1.29 is 9.00 Å². The van der Waals surface area contributed by atoms with Crippen LogP contribution in [0.1, 0.15) is 5.56 Å². The van der Waals surface area contributed by atoms with E-state index in [4.69, 9.17) is 17.3 Å². The second kappa shape index (κ2) is 7.24. The van der Waals surface area contributed by atoms with Crippen molar-refractivity contribution in [2.24, 2.45) is 0 Å². The van der Waals surface area contributed by atoms with Gasteiger partial charge in [-0.1, -0.05) is 41.9 Å². The number of hydrogen-bond acceptors (Lipinski definition) is 3. The van der Waals surface area contributed by atoms with Crippen LogP contribution < -0.4 is 11.1 Å². The lowest BCUT2D eigenvalue weighted by atomic mass is 10.2. The Morgan fingerprint density at radius 3 is 2.57 bits per heavy atom. The van der Waals surface area contributed by atoms with Gasteiger partial charge < -0.3 is 11.1 Å². The number of rotatable bonds is 5. The minimum Gasteiger partial charge on any atom is -0.397 e. The molecule has 0 aliphatic heterocycles. The predicted octanol–water partition coefficient (Wildman–Crippen LogP) is 2.81. The molecule has 1 atom stereocenters. The molecule has 110 valence electrons. The van der Waals surface area contributed by atoms with Crippen LogP contribution in [-0.2, 0) is 21.3 Å². The summed E-state index contributed by atoms with van der Waals surface area (Å²) in [5.41, 5.74) is 7.53. The zero-order valence-electron chi connectivity index (χ0n) is 11.2. The van der Waals surface area contributed by atoms with Crippen LogP contribution in [0.15, 0.2) is 48.5 Å². The van der Waals surface area contributed by atoms with Crippen molar-refractivity contribution >= 4 is 39.7 Å². The molecule has 0 fully saturated rings. The van der Waals surface area contributed by atoms with Gasteiger partial charge in [-0.25, -0.2) is 0 Å². The molecule has 0 aliphatic rings. The number of nitrogens with two attached hydrogens (primary N) is 1. The van der Waals surface area contributed by atoms with Gasteiger partial charge in [-0.2, -0.15) is 0 Å². The fourth-order valence-electron chi connectivity index (χ4n) is 1.78. The van der Waals surface area contributed by atoms with Gasteiger partial charge in [0.25, 0.3) is 0 Å². The van der Waals surface area contributed by atoms with Gasteiger partial charge in [0.1, 0.15) is 5.75 Å². The van der Waals surface area contributed by atoms with E-state index < -0.39 is 10.8 Å². The van der Waals surface area contributed by atoms with Gasteiger partial charge in [-0.3, -0.25) is 9.00 Å². The van der Waals surface area contributed by atoms with E-state index in [0.29, 0.717) is 22.2 Å². The molecule has 1 amide bonds. The fraction of sp³-hybridized carbons (Fsp3) is 0.133. The van der Waals surface area contributed by atoms with Gasteiger partial charge in [0.2, 0.25) is 5.91 Å². The first-order valence-corrected chi connectivity index (χ1v) is 8.15. The van der Waals surface area contributed by atoms with Crippen LogP contribution in [0, 0.1) is 0 Å². The molecule has 0 aromatic heterocycles. The molecule has 0 saturated heterocycles. The Morgan fingerprint density at radius 2 is 1.90 bits per heavy atom. The third kappa shape index (κ3) is 4.88. The molecular formula is C15H15ClN2O2S. The molecule has 0 radical (unpaired) electrons. The van der Waals surface area contributed by atoms with Crippen molar-refractivity contribution in [3.05, 3.63) is 59.1 Å². The Kier molecular flexibility index (Phi) is 5.36. The zero-order valence-corrected chi connectivity index (χ0v) is 12.8. The van der Waals surface area contributed by atoms with E-state index >= 15 is 0 Å². The highest BCUT2D eigenvalue weighted by Gasteiger charge is 2.09. The van der Waals surface area contributed by atoms with E-state index in [2.05, 4.69) is 5.32 Å². The van der Waals surface area contributed by atoms with E-state index in [9.17, 15) is 9.00 Å². The number of benzene rings is 2. The lowest BCUT2D eigenvalue weighted by Gasteiger charge is -2.07. The predicted molar refractivity (Wildman–Crippen MR) is 87.6 cm³/mol. The van der Waals surface area contributed by atoms with Gasteiger partial charge in [-0.15, -0.1) is 0 Å². The summed E-state index contributed by atoms with van der Waals surface area (Å²) in [5.74, 6) is -0.0139. The summed E-state index contributed by atoms with van der Waals surface area (Å²) in [7, 11) is -1.25. The Bertz CT molecular complexity index is 662. The molecule has 0 spiro atoms. The Hall–Kier alpha value is -1.85. The molecule has 2 rings (SSSR count). The van der Waals surface area contributed by atoms with Crippen molar-refractivity contribution in [2.75, 3.05) is 16.8 Å². The summed E-state index contributed by atoms with van der Waals surface area (Å²) in [6.07, 6.45) is 0. The van der Waals surface area contributed by atoms with Crippen molar-refractivity contribution in [3.8, 4) is 0 Å². The molecule has 4 nitrogen and oxygen atoms in total. The summed E-state index contributed by atoms with van der Waals surface area (Å²) in [5, 5.41) is 3.09. The standard InChI is InChI=1S/C15H15ClN2O2S/c16-13-7-6-12(8-14(13)17)18-15(19)10-21(20)9-11-4-2-1-3-5-11/h1-8H,9-10,17H2,(H,18,19). The average Bonchev–Trinajstić information content (AvgIpc) is 2.43. The fourth-order valence-corrected chi connectivity index (χ4v) is 2.92. The molecular weight excluding hydrogens is 308 g/mol. The molecule has 0 aliphatic carbocycles. The van der Waals surface area contributed by atoms with Crippen LogP contribution in [0.4, 0.5) is 11.4 Å². The summed E-state index contributed by atoms with van der Waals surface area (Å²) in [6, 6.07) is 14.2. The topological polar surface area (TPSA) is 72.2 Å². The van der Waals surface area contributed by atoms with Crippen LogP contribution in [0.5, 0.6) is 0 Å². The molecule has 21 heavy (non-hydrogen) atoms. The monoisotopic (exact) mass is 322 g/mol. The van der Waals surface area contributed by atoms with Gasteiger partial charge >= 0.3 is 0 Å². The summed E-state index contributed by atoms with van der Waals surface area (Å²) >= 11 is 5.81. The number of anilines is 2. The highest BCUT2D eigenvalue weighted by molar-refractivity contribution is 7.84. The van der Waals surface area contributed by atoms with Crippen LogP contribution in [0.2, 0.25) is 5.02 Å². The van der Waals surface area contributed by atoms with Gasteiger partial charge in [0.15, 0.2) is 0 Å². The smallest absolute Gasteiger partial charge is 0.237 e. The van der Waals surface area contributed by atoms with E-state index in [0.717, 1.165) is 5.56 Å². The van der Waals surface area contributed by atoms with Gasteiger partial charge in [-0.05, 0) is 23.8 Å². The molecule has 0 bridgehead atoms. The lowest BCUT2D eigenvalue weighted by molar-refractivity contribution is -0.113. The number of nitrogen functional groups attached to an aromatic ring is 1. The number of halogens is 1. The average molecular weight is 323 g/mol. The van der Waals surface area contributed by atoms with Crippen LogP contribution in [-0.4, -0.2) is 15.9 Å². The van der Waals surface area contributed by atoms with E-state index in [1.165, 1.54) is 0 Å². The highest BCUT2D eigenvalue weighted by atomic mass is 35.5. The Morgan fingerprint density at radius 1 is 1.19 bits per heavy atom. The summed E-state index contributed by atoms with van der Waals surface area (Å²) < 4.78 is 11.9. The van der Waals surface area contributed by atoms with Crippen molar-refractivity contribution in [1.29, 1.82) is 0 Å². The van der Waals surface area contributed by atoms with E-state index in [1.807, 2.05) is 30.3 Å². The minimum atomic E-state index is -1.25.